The van der Waals surface area contributed by atoms with Gasteiger partial charge >= 0.3 is 5.97 Å². The number of halogens is 2. The maximum atomic E-state index is 14.7. The molecule has 1 heterocycles. The second kappa shape index (κ2) is 8.42. The average molecular weight is 385 g/mol. The molecule has 0 unspecified atom stereocenters. The van der Waals surface area contributed by atoms with Crippen molar-refractivity contribution in [1.29, 1.82) is 0 Å². The largest absolute Gasteiger partial charge is 0.457 e. The fourth-order valence-corrected chi connectivity index (χ4v) is 2.54. The van der Waals surface area contributed by atoms with Gasteiger partial charge in [-0.2, -0.15) is 0 Å². The number of carbonyl (C=O) groups excluding carboxylic acids is 2. The van der Waals surface area contributed by atoms with Gasteiger partial charge in [0.05, 0.1) is 16.8 Å². The van der Waals surface area contributed by atoms with Crippen LogP contribution >= 0.6 is 11.6 Å². The van der Waals surface area contributed by atoms with Crippen LogP contribution in [0.3, 0.4) is 0 Å². The van der Waals surface area contributed by atoms with E-state index in [0.717, 1.165) is 5.56 Å². The van der Waals surface area contributed by atoms with Crippen LogP contribution in [0.1, 0.15) is 26.3 Å². The zero-order valence-electron chi connectivity index (χ0n) is 14.0. The summed E-state index contributed by atoms with van der Waals surface area (Å²) in [5.74, 6) is -2.35. The molecule has 0 fully saturated rings. The molecule has 7 heteroatoms. The van der Waals surface area contributed by atoms with Crippen LogP contribution < -0.4 is 5.32 Å². The minimum atomic E-state index is -0.885. The molecular formula is C20H14ClFN2O3. The lowest BCUT2D eigenvalue weighted by atomic mass is 10.1. The van der Waals surface area contributed by atoms with Crippen molar-refractivity contribution < 1.29 is 18.7 Å². The fourth-order valence-electron chi connectivity index (χ4n) is 2.33. The third kappa shape index (κ3) is 4.48. The number of anilines is 1. The first-order chi connectivity index (χ1) is 13.1. The van der Waals surface area contributed by atoms with E-state index >= 15 is 0 Å². The Hall–Kier alpha value is -3.25. The zero-order valence-corrected chi connectivity index (χ0v) is 14.7. The summed E-state index contributed by atoms with van der Waals surface area (Å²) in [5, 5.41) is 2.38. The number of amides is 1. The van der Waals surface area contributed by atoms with E-state index in [4.69, 9.17) is 16.3 Å². The van der Waals surface area contributed by atoms with Gasteiger partial charge in [-0.1, -0.05) is 48.0 Å². The van der Waals surface area contributed by atoms with Gasteiger partial charge in [0.25, 0.3) is 5.91 Å². The lowest BCUT2D eigenvalue weighted by Crippen LogP contribution is -2.16. The summed E-state index contributed by atoms with van der Waals surface area (Å²) in [5.41, 5.74) is 0.438. The summed E-state index contributed by atoms with van der Waals surface area (Å²) in [7, 11) is 0. The standard InChI is InChI=1S/C20H14ClFN2O3/c21-18-15(9-5-11-23-18)19(25)24-16-10-4-8-14(17(16)22)20(26)27-12-13-6-2-1-3-7-13/h1-11H,12H2,(H,24,25). The summed E-state index contributed by atoms with van der Waals surface area (Å²) in [6.07, 6.45) is 1.43. The normalized spacial score (nSPS) is 10.3. The lowest BCUT2D eigenvalue weighted by Gasteiger charge is -2.10. The van der Waals surface area contributed by atoms with Crippen molar-refractivity contribution in [2.45, 2.75) is 6.61 Å². The second-order valence-corrected chi connectivity index (χ2v) is 5.88. The lowest BCUT2D eigenvalue weighted by molar-refractivity contribution is 0.0467. The fraction of sp³-hybridized carbons (Fsp3) is 0.0500. The summed E-state index contributed by atoms with van der Waals surface area (Å²) < 4.78 is 19.8. The highest BCUT2D eigenvalue weighted by molar-refractivity contribution is 6.33. The predicted molar refractivity (Wildman–Crippen MR) is 99.2 cm³/mol. The number of nitrogens with one attached hydrogen (secondary N) is 1. The Morgan fingerprint density at radius 2 is 1.74 bits per heavy atom. The van der Waals surface area contributed by atoms with E-state index in [-0.39, 0.29) is 28.6 Å². The van der Waals surface area contributed by atoms with Crippen LogP contribution in [0.4, 0.5) is 10.1 Å². The van der Waals surface area contributed by atoms with Crippen molar-refractivity contribution in [1.82, 2.24) is 4.98 Å². The highest BCUT2D eigenvalue weighted by atomic mass is 35.5. The predicted octanol–water partition coefficient (Wildman–Crippen LogP) is 4.48. The third-order valence-corrected chi connectivity index (χ3v) is 3.98. The first-order valence-corrected chi connectivity index (χ1v) is 8.35. The molecule has 0 spiro atoms. The van der Waals surface area contributed by atoms with Crippen LogP contribution in [0.15, 0.2) is 66.9 Å². The van der Waals surface area contributed by atoms with Gasteiger partial charge in [0.1, 0.15) is 11.8 Å². The van der Waals surface area contributed by atoms with Gasteiger partial charge in [-0.15, -0.1) is 0 Å². The Balaban J connectivity index is 1.74. The molecule has 3 aromatic rings. The number of hydrogen-bond acceptors (Lipinski definition) is 4. The molecule has 27 heavy (non-hydrogen) atoms. The average Bonchev–Trinajstić information content (AvgIpc) is 2.69. The molecule has 5 nitrogen and oxygen atoms in total. The molecule has 0 aliphatic carbocycles. The van der Waals surface area contributed by atoms with Crippen molar-refractivity contribution in [3.05, 3.63) is 94.5 Å². The highest BCUT2D eigenvalue weighted by Gasteiger charge is 2.19. The van der Waals surface area contributed by atoms with E-state index in [2.05, 4.69) is 10.3 Å². The molecule has 3 rings (SSSR count). The van der Waals surface area contributed by atoms with Gasteiger partial charge < -0.3 is 10.1 Å². The maximum Gasteiger partial charge on any atom is 0.341 e. The Labute approximate surface area is 159 Å². The molecular weight excluding hydrogens is 371 g/mol. The van der Waals surface area contributed by atoms with Crippen molar-refractivity contribution in [3.8, 4) is 0 Å². The summed E-state index contributed by atoms with van der Waals surface area (Å²) in [6, 6.07) is 16.1. The molecule has 0 saturated carbocycles. The molecule has 0 saturated heterocycles. The zero-order chi connectivity index (χ0) is 19.2. The second-order valence-electron chi connectivity index (χ2n) is 5.52. The van der Waals surface area contributed by atoms with Crippen molar-refractivity contribution in [2.75, 3.05) is 5.32 Å². The number of esters is 1. The Bertz CT molecular complexity index is 980. The molecule has 1 N–H and O–H groups in total. The van der Waals surface area contributed by atoms with Crippen molar-refractivity contribution in [3.63, 3.8) is 0 Å². The van der Waals surface area contributed by atoms with Crippen molar-refractivity contribution >= 4 is 29.2 Å². The summed E-state index contributed by atoms with van der Waals surface area (Å²) in [6.45, 7) is 0.0149. The van der Waals surface area contributed by atoms with Crippen LogP contribution in [0.25, 0.3) is 0 Å². The van der Waals surface area contributed by atoms with E-state index in [9.17, 15) is 14.0 Å². The first-order valence-electron chi connectivity index (χ1n) is 7.97. The van der Waals surface area contributed by atoms with Gasteiger partial charge in [0.2, 0.25) is 0 Å². The van der Waals surface area contributed by atoms with Gasteiger partial charge in [-0.05, 0) is 29.8 Å². The van der Waals surface area contributed by atoms with Crippen LogP contribution in [-0.4, -0.2) is 16.9 Å². The molecule has 0 aliphatic heterocycles. The highest BCUT2D eigenvalue weighted by Crippen LogP contribution is 2.21. The monoisotopic (exact) mass is 384 g/mol. The minimum Gasteiger partial charge on any atom is -0.457 e. The summed E-state index contributed by atoms with van der Waals surface area (Å²) in [4.78, 5) is 28.3. The van der Waals surface area contributed by atoms with E-state index < -0.39 is 17.7 Å². The molecule has 0 bridgehead atoms. The number of pyridine rings is 1. The number of ether oxygens (including phenoxy) is 1. The first kappa shape index (κ1) is 18.5. The molecule has 1 aromatic heterocycles. The number of hydrogen-bond donors (Lipinski definition) is 1. The number of aromatic nitrogens is 1. The maximum absolute atomic E-state index is 14.7. The Kier molecular flexibility index (Phi) is 5.78. The quantitative estimate of drug-likeness (QED) is 0.520. The van der Waals surface area contributed by atoms with E-state index in [1.54, 1.807) is 12.1 Å². The van der Waals surface area contributed by atoms with E-state index in [1.165, 1.54) is 36.5 Å². The third-order valence-electron chi connectivity index (χ3n) is 3.68. The molecule has 0 aliphatic rings. The molecule has 1 amide bonds. The van der Waals surface area contributed by atoms with Gasteiger partial charge in [-0.3, -0.25) is 4.79 Å². The molecule has 136 valence electrons. The van der Waals surface area contributed by atoms with E-state index in [0.29, 0.717) is 0 Å². The van der Waals surface area contributed by atoms with Crippen LogP contribution in [0, 0.1) is 5.82 Å². The van der Waals surface area contributed by atoms with Gasteiger partial charge in [-0.25, -0.2) is 14.2 Å². The Morgan fingerprint density at radius 1 is 1.00 bits per heavy atom. The number of rotatable bonds is 5. The smallest absolute Gasteiger partial charge is 0.341 e. The Morgan fingerprint density at radius 3 is 2.48 bits per heavy atom. The molecule has 0 atom stereocenters. The van der Waals surface area contributed by atoms with Gasteiger partial charge in [0.15, 0.2) is 5.82 Å². The van der Waals surface area contributed by atoms with E-state index in [1.807, 2.05) is 18.2 Å². The number of benzene rings is 2. The van der Waals surface area contributed by atoms with Crippen molar-refractivity contribution in [2.24, 2.45) is 0 Å². The van der Waals surface area contributed by atoms with Crippen LogP contribution in [0.5, 0.6) is 0 Å². The van der Waals surface area contributed by atoms with Crippen LogP contribution in [-0.2, 0) is 11.3 Å². The topological polar surface area (TPSA) is 68.3 Å². The molecule has 0 radical (unpaired) electrons. The summed E-state index contributed by atoms with van der Waals surface area (Å²) >= 11 is 5.87. The number of nitrogens with zero attached hydrogens (tertiary/aromatic N) is 1. The molecule has 2 aromatic carbocycles. The minimum absolute atomic E-state index is 0.00571. The SMILES string of the molecule is O=C(Nc1cccc(C(=O)OCc2ccccc2)c1F)c1cccnc1Cl. The van der Waals surface area contributed by atoms with Gasteiger partial charge in [0, 0.05) is 6.20 Å². The number of carbonyl (C=O) groups is 2. The van der Waals surface area contributed by atoms with Crippen LogP contribution in [0.2, 0.25) is 5.15 Å².